The number of ether oxygens (including phenoxy) is 1. The summed E-state index contributed by atoms with van der Waals surface area (Å²) in [6, 6.07) is 17.5. The Morgan fingerprint density at radius 3 is 2.35 bits per heavy atom. The maximum absolute atomic E-state index is 14.0. The number of hydrogen-bond acceptors (Lipinski definition) is 8. The van der Waals surface area contributed by atoms with E-state index in [1.54, 1.807) is 30.3 Å². The van der Waals surface area contributed by atoms with Crippen LogP contribution >= 0.6 is 46.3 Å². The Hall–Kier alpha value is -3.64. The van der Waals surface area contributed by atoms with E-state index in [1.807, 2.05) is 12.1 Å². The third-order valence-electron chi connectivity index (χ3n) is 6.76. The highest BCUT2D eigenvalue weighted by Crippen LogP contribution is 2.54. The van der Waals surface area contributed by atoms with Gasteiger partial charge in [0.15, 0.2) is 0 Å². The maximum atomic E-state index is 14.0. The average molecular weight is 614 g/mol. The van der Waals surface area contributed by atoms with Crippen molar-refractivity contribution in [2.24, 2.45) is 5.92 Å². The van der Waals surface area contributed by atoms with Crippen molar-refractivity contribution in [2.75, 3.05) is 4.90 Å². The highest BCUT2D eigenvalue weighted by molar-refractivity contribution is 8.00. The van der Waals surface area contributed by atoms with Crippen molar-refractivity contribution in [2.45, 2.75) is 22.8 Å². The molecular formula is C27H17Cl2N3O6S2. The summed E-state index contributed by atoms with van der Waals surface area (Å²) in [5.41, 5.74) is 1.51. The number of imide groups is 1. The number of rotatable bonds is 6. The van der Waals surface area contributed by atoms with Gasteiger partial charge in [0.05, 0.1) is 21.6 Å². The second-order valence-electron chi connectivity index (χ2n) is 9.13. The first kappa shape index (κ1) is 26.6. The fourth-order valence-corrected chi connectivity index (χ4v) is 7.78. The van der Waals surface area contributed by atoms with E-state index >= 15 is 0 Å². The minimum absolute atomic E-state index is 0.159. The number of aromatic nitrogens is 1. The molecule has 4 aromatic rings. The number of thiazole rings is 1. The molecule has 0 aliphatic carbocycles. The molecule has 3 aromatic carbocycles. The van der Waals surface area contributed by atoms with Crippen molar-refractivity contribution >= 4 is 69.5 Å². The number of halogens is 2. The van der Waals surface area contributed by atoms with Gasteiger partial charge in [-0.05, 0) is 48.0 Å². The van der Waals surface area contributed by atoms with Gasteiger partial charge in [0.25, 0.3) is 5.69 Å². The number of nitrogens with zero attached hydrogens (tertiary/aromatic N) is 2. The van der Waals surface area contributed by atoms with Gasteiger partial charge in [0.1, 0.15) is 17.6 Å². The highest BCUT2D eigenvalue weighted by atomic mass is 35.5. The standard InChI is InChI=1S/C27H17Cl2N3O6S2/c28-14-3-1-13(2-4-14)12-38-19-10-5-15(29)11-18(19)20-21-23(39-24-22(20)40-27(35)30-24)26(34)31(25(21)33)16-6-8-17(9-7-16)32(36)37/h1-11,20-21,23H,12H2,(H,30,35). The van der Waals surface area contributed by atoms with Gasteiger partial charge in [0, 0.05) is 38.5 Å². The zero-order valence-electron chi connectivity index (χ0n) is 20.2. The van der Waals surface area contributed by atoms with Gasteiger partial charge < -0.3 is 9.72 Å². The summed E-state index contributed by atoms with van der Waals surface area (Å²) >= 11 is 14.5. The Bertz CT molecular complexity index is 1720. The summed E-state index contributed by atoms with van der Waals surface area (Å²) < 4.78 is 6.18. The normalized spacial score (nSPS) is 19.9. The average Bonchev–Trinajstić information content (AvgIpc) is 3.43. The monoisotopic (exact) mass is 613 g/mol. The third-order valence-corrected chi connectivity index (χ3v) is 9.65. The Morgan fingerprint density at radius 1 is 0.950 bits per heavy atom. The molecule has 2 amide bonds. The van der Waals surface area contributed by atoms with Crippen molar-refractivity contribution in [3.63, 3.8) is 0 Å². The van der Waals surface area contributed by atoms with E-state index in [9.17, 15) is 24.5 Å². The summed E-state index contributed by atoms with van der Waals surface area (Å²) in [5.74, 6) is -2.07. The van der Waals surface area contributed by atoms with Gasteiger partial charge in [-0.1, -0.05) is 58.4 Å². The Morgan fingerprint density at radius 2 is 1.65 bits per heavy atom. The van der Waals surface area contributed by atoms with Crippen molar-refractivity contribution in [1.82, 2.24) is 4.98 Å². The van der Waals surface area contributed by atoms with Crippen LogP contribution in [0, 0.1) is 16.0 Å². The number of fused-ring (bicyclic) bond motifs is 2. The van der Waals surface area contributed by atoms with Crippen LogP contribution in [0.15, 0.2) is 76.6 Å². The van der Waals surface area contributed by atoms with E-state index in [0.717, 1.165) is 33.6 Å². The zero-order valence-corrected chi connectivity index (χ0v) is 23.4. The third kappa shape index (κ3) is 4.68. The maximum Gasteiger partial charge on any atom is 0.305 e. The number of nitro groups is 1. The molecule has 1 saturated heterocycles. The molecular weight excluding hydrogens is 597 g/mol. The molecule has 0 bridgehead atoms. The van der Waals surface area contributed by atoms with Gasteiger partial charge in [0.2, 0.25) is 11.8 Å². The first-order valence-electron chi connectivity index (χ1n) is 11.9. The predicted molar refractivity (Wildman–Crippen MR) is 153 cm³/mol. The predicted octanol–water partition coefficient (Wildman–Crippen LogP) is 6.03. The fraction of sp³-hybridized carbons (Fsp3) is 0.148. The van der Waals surface area contributed by atoms with Crippen LogP contribution in [0.5, 0.6) is 5.75 Å². The Labute approximate surface area is 244 Å². The zero-order chi connectivity index (χ0) is 28.1. The molecule has 202 valence electrons. The SMILES string of the molecule is O=C1C2Sc3[nH]c(=O)sc3C(c3cc(Cl)ccc3OCc3ccc(Cl)cc3)C2C(=O)N1c1ccc([N+](=O)[O-])cc1. The highest BCUT2D eigenvalue weighted by Gasteiger charge is 2.56. The van der Waals surface area contributed by atoms with E-state index in [4.69, 9.17) is 27.9 Å². The number of thioether (sulfide) groups is 1. The van der Waals surface area contributed by atoms with Gasteiger partial charge in [-0.15, -0.1) is 0 Å². The lowest BCUT2D eigenvalue weighted by Crippen LogP contribution is -2.32. The quantitative estimate of drug-likeness (QED) is 0.160. The topological polar surface area (TPSA) is 123 Å². The molecule has 2 aliphatic heterocycles. The first-order valence-corrected chi connectivity index (χ1v) is 14.3. The second-order valence-corrected chi connectivity index (χ2v) is 12.2. The molecule has 0 saturated carbocycles. The van der Waals surface area contributed by atoms with Crippen molar-refractivity contribution < 1.29 is 19.2 Å². The van der Waals surface area contributed by atoms with Crippen molar-refractivity contribution in [3.8, 4) is 5.75 Å². The molecule has 1 fully saturated rings. The van der Waals surface area contributed by atoms with Crippen LogP contribution in [0.2, 0.25) is 10.0 Å². The van der Waals surface area contributed by atoms with Gasteiger partial charge in [-0.2, -0.15) is 0 Å². The van der Waals surface area contributed by atoms with Gasteiger partial charge in [-0.3, -0.25) is 24.5 Å². The van der Waals surface area contributed by atoms with Crippen molar-refractivity contribution in [3.05, 3.63) is 113 Å². The summed E-state index contributed by atoms with van der Waals surface area (Å²) in [4.78, 5) is 54.8. The number of benzene rings is 3. The molecule has 2 aliphatic rings. The molecule has 1 N–H and O–H groups in total. The lowest BCUT2D eigenvalue weighted by atomic mass is 9.82. The summed E-state index contributed by atoms with van der Waals surface area (Å²) in [6.45, 7) is 0.208. The molecule has 13 heteroatoms. The van der Waals surface area contributed by atoms with Crippen LogP contribution in [0.3, 0.4) is 0 Å². The summed E-state index contributed by atoms with van der Waals surface area (Å²) in [6.07, 6.45) is 0. The molecule has 3 heterocycles. The van der Waals surface area contributed by atoms with Crippen LogP contribution in [0.1, 0.15) is 21.9 Å². The van der Waals surface area contributed by atoms with E-state index in [0.29, 0.717) is 31.3 Å². The molecule has 3 atom stereocenters. The largest absolute Gasteiger partial charge is 0.489 e. The lowest BCUT2D eigenvalue weighted by molar-refractivity contribution is -0.384. The number of aromatic amines is 1. The van der Waals surface area contributed by atoms with E-state index in [2.05, 4.69) is 4.98 Å². The Kier molecular flexibility index (Phi) is 6.91. The molecule has 1 aromatic heterocycles. The Balaban J connectivity index is 1.42. The number of carbonyl (C=O) groups excluding carboxylic acids is 2. The lowest BCUT2D eigenvalue weighted by Gasteiger charge is -2.31. The smallest absolute Gasteiger partial charge is 0.305 e. The number of H-pyrrole nitrogens is 1. The molecule has 40 heavy (non-hydrogen) atoms. The molecule has 3 unspecified atom stereocenters. The van der Waals surface area contributed by atoms with E-state index in [1.165, 1.54) is 24.3 Å². The summed E-state index contributed by atoms with van der Waals surface area (Å²) in [5, 5.41) is 11.8. The van der Waals surface area contributed by atoms with Crippen LogP contribution in [0.25, 0.3) is 0 Å². The van der Waals surface area contributed by atoms with E-state index in [-0.39, 0.29) is 22.9 Å². The summed E-state index contributed by atoms with van der Waals surface area (Å²) in [7, 11) is 0. The minimum Gasteiger partial charge on any atom is -0.489 e. The van der Waals surface area contributed by atoms with Crippen LogP contribution in [-0.2, 0) is 16.2 Å². The van der Waals surface area contributed by atoms with Crippen LogP contribution < -0.4 is 14.5 Å². The van der Waals surface area contributed by atoms with E-state index < -0.39 is 33.8 Å². The number of anilines is 1. The fourth-order valence-electron chi connectivity index (χ4n) is 4.97. The molecule has 0 spiro atoms. The minimum atomic E-state index is -0.872. The molecule has 9 nitrogen and oxygen atoms in total. The molecule has 6 rings (SSSR count). The number of amides is 2. The number of non-ortho nitro benzene ring substituents is 1. The van der Waals surface area contributed by atoms with Crippen LogP contribution in [0.4, 0.5) is 11.4 Å². The molecule has 0 radical (unpaired) electrons. The van der Waals surface area contributed by atoms with Gasteiger partial charge in [-0.25, -0.2) is 4.90 Å². The number of carbonyl (C=O) groups is 2. The van der Waals surface area contributed by atoms with Crippen LogP contribution in [-0.4, -0.2) is 27.0 Å². The first-order chi connectivity index (χ1) is 19.2. The number of nitrogens with one attached hydrogen (secondary N) is 1. The van der Waals surface area contributed by atoms with Crippen molar-refractivity contribution in [1.29, 1.82) is 0 Å². The van der Waals surface area contributed by atoms with Gasteiger partial charge >= 0.3 is 4.87 Å². The second kappa shape index (κ2) is 10.4. The number of nitro benzene ring substituents is 1. The number of hydrogen-bond donors (Lipinski definition) is 1.